The fraction of sp³-hybridized carbons (Fsp3) is 0.364. The van der Waals surface area contributed by atoms with E-state index >= 15 is 0 Å². The third-order valence-electron chi connectivity index (χ3n) is 2.99. The third-order valence-corrected chi connectivity index (χ3v) is 3.97. The molecule has 0 unspecified atom stereocenters. The topological polar surface area (TPSA) is 63.7 Å². The summed E-state index contributed by atoms with van der Waals surface area (Å²) in [5.41, 5.74) is -4.19. The van der Waals surface area contributed by atoms with Gasteiger partial charge in [0.15, 0.2) is 5.81 Å². The zero-order valence-electron chi connectivity index (χ0n) is 10.6. The second-order valence-corrected chi connectivity index (χ2v) is 5.96. The highest BCUT2D eigenvalue weighted by Gasteiger charge is 2.48. The molecule has 1 amide bonds. The van der Waals surface area contributed by atoms with Gasteiger partial charge in [0.1, 0.15) is 5.75 Å². The number of fused-ring (bicyclic) bond motifs is 1. The van der Waals surface area contributed by atoms with E-state index in [2.05, 4.69) is 4.18 Å². The molecule has 112 valence electrons. The minimum absolute atomic E-state index is 0.219. The van der Waals surface area contributed by atoms with Crippen molar-refractivity contribution in [1.82, 2.24) is 4.90 Å². The van der Waals surface area contributed by atoms with Crippen molar-refractivity contribution in [3.63, 3.8) is 0 Å². The molecule has 0 N–H and O–H groups in total. The van der Waals surface area contributed by atoms with Crippen LogP contribution < -0.4 is 4.18 Å². The summed E-state index contributed by atoms with van der Waals surface area (Å²) in [4.78, 5) is 12.4. The van der Waals surface area contributed by atoms with Gasteiger partial charge in [-0.05, 0) is 29.7 Å². The van der Waals surface area contributed by atoms with Crippen LogP contribution in [0.5, 0.6) is 5.75 Å². The number of alkyl halides is 3. The Morgan fingerprint density at radius 3 is 2.52 bits per heavy atom. The number of hydrogen-bond acceptors (Lipinski definition) is 4. The van der Waals surface area contributed by atoms with Crippen LogP contribution in [0.1, 0.15) is 11.1 Å². The van der Waals surface area contributed by atoms with Crippen LogP contribution in [-0.2, 0) is 23.1 Å². The van der Waals surface area contributed by atoms with E-state index in [1.807, 2.05) is 0 Å². The Kier molecular flexibility index (Phi) is 3.92. The minimum Gasteiger partial charge on any atom is -0.376 e. The predicted molar refractivity (Wildman–Crippen MR) is 67.3 cm³/mol. The fourth-order valence-corrected chi connectivity index (χ4v) is 2.39. The van der Waals surface area contributed by atoms with Crippen LogP contribution in [0.25, 0.3) is 0 Å². The number of carbonyl (C=O) groups excluding carboxylic acids is 1. The van der Waals surface area contributed by atoms with Crippen molar-refractivity contribution in [3.05, 3.63) is 29.3 Å². The van der Waals surface area contributed by atoms with Crippen LogP contribution in [0.4, 0.5) is 18.0 Å². The lowest BCUT2D eigenvalue weighted by Crippen LogP contribution is -2.35. The largest absolute Gasteiger partial charge is 0.534 e. The number of carbonyl (C=O) groups is 1. The molecule has 1 heterocycles. The summed E-state index contributed by atoms with van der Waals surface area (Å²) in [5, 5.41) is 0. The van der Waals surface area contributed by atoms with E-state index in [0.29, 0.717) is 24.1 Å². The van der Waals surface area contributed by atoms with Gasteiger partial charge in [-0.15, -0.1) is 0 Å². The maximum absolute atomic E-state index is 12.2. The van der Waals surface area contributed by atoms with Crippen molar-refractivity contribution in [2.45, 2.75) is 18.5 Å². The average Bonchev–Trinajstić information content (AvgIpc) is 2.36. The van der Waals surface area contributed by atoms with Gasteiger partial charge in [0.05, 0.1) is 0 Å². The molecule has 0 aliphatic carbocycles. The first-order chi connectivity index (χ1) is 9.60. The van der Waals surface area contributed by atoms with E-state index in [1.54, 1.807) is 0 Å². The smallest absolute Gasteiger partial charge is 0.376 e. The summed E-state index contributed by atoms with van der Waals surface area (Å²) in [7, 11) is -0.543. The quantitative estimate of drug-likeness (QED) is 0.471. The molecule has 0 saturated carbocycles. The van der Waals surface area contributed by atoms with Crippen LogP contribution in [-0.4, -0.2) is 39.0 Å². The van der Waals surface area contributed by atoms with Crippen molar-refractivity contribution in [3.8, 4) is 5.75 Å². The lowest BCUT2D eigenvalue weighted by atomic mass is 9.97. The molecule has 0 bridgehead atoms. The van der Waals surface area contributed by atoms with Gasteiger partial charge in [-0.25, -0.2) is 0 Å². The normalized spacial score (nSPS) is 15.5. The van der Waals surface area contributed by atoms with Gasteiger partial charge in [0, 0.05) is 13.1 Å². The number of halogens is 3. The van der Waals surface area contributed by atoms with Crippen LogP contribution in [0.2, 0.25) is 0 Å². The third kappa shape index (κ3) is 3.31. The van der Waals surface area contributed by atoms with Gasteiger partial charge < -0.3 is 9.08 Å². The Morgan fingerprint density at radius 1 is 1.29 bits per heavy atom. The van der Waals surface area contributed by atoms with Crippen molar-refractivity contribution in [2.75, 3.05) is 6.54 Å². The van der Waals surface area contributed by atoms with Crippen molar-refractivity contribution in [2.24, 2.45) is 0 Å². The molecule has 0 saturated heterocycles. The summed E-state index contributed by atoms with van der Waals surface area (Å²) in [6.07, 6.45) is 0.349. The first-order valence-electron chi connectivity index (χ1n) is 5.77. The highest BCUT2D eigenvalue weighted by molar-refractivity contribution is 7.88. The molecular weight excluding hydrogens is 310 g/mol. The molecule has 1 aliphatic rings. The molecule has 1 aromatic carbocycles. The zero-order chi connectivity index (χ0) is 15.8. The molecule has 2 radical (unpaired) electrons. The minimum atomic E-state index is -5.69. The molecule has 0 atom stereocenters. The maximum Gasteiger partial charge on any atom is 0.534 e. The van der Waals surface area contributed by atoms with Crippen LogP contribution in [0.3, 0.4) is 0 Å². The Hall–Kier alpha value is -1.71. The fourth-order valence-electron chi connectivity index (χ4n) is 1.94. The van der Waals surface area contributed by atoms with Crippen molar-refractivity contribution >= 4 is 23.8 Å². The summed E-state index contributed by atoms with van der Waals surface area (Å²) in [5.74, 6) is -1.01. The lowest BCUT2D eigenvalue weighted by molar-refractivity contribution is -0.0500. The van der Waals surface area contributed by atoms with Crippen LogP contribution in [0.15, 0.2) is 18.2 Å². The second-order valence-electron chi connectivity index (χ2n) is 4.42. The summed E-state index contributed by atoms with van der Waals surface area (Å²) >= 11 is 0. The predicted octanol–water partition coefficient (Wildman–Crippen LogP) is 1.56. The summed E-state index contributed by atoms with van der Waals surface area (Å²) in [6, 6.07) is 3.73. The van der Waals surface area contributed by atoms with Gasteiger partial charge in [-0.1, -0.05) is 6.07 Å². The highest BCUT2D eigenvalue weighted by Crippen LogP contribution is 2.29. The first kappa shape index (κ1) is 15.7. The van der Waals surface area contributed by atoms with Gasteiger partial charge in [-0.2, -0.15) is 21.6 Å². The summed E-state index contributed by atoms with van der Waals surface area (Å²) < 4.78 is 62.6. The summed E-state index contributed by atoms with van der Waals surface area (Å²) in [6.45, 7) is 0.523. The Bertz CT molecular complexity index is 675. The molecule has 21 heavy (non-hydrogen) atoms. The van der Waals surface area contributed by atoms with Crippen molar-refractivity contribution < 1.29 is 30.6 Å². The molecular formula is C11H9BF3NO4S. The number of benzene rings is 1. The Morgan fingerprint density at radius 2 is 1.95 bits per heavy atom. The van der Waals surface area contributed by atoms with E-state index in [4.69, 9.17) is 7.85 Å². The number of amides is 1. The van der Waals surface area contributed by atoms with E-state index in [9.17, 15) is 26.4 Å². The van der Waals surface area contributed by atoms with E-state index in [-0.39, 0.29) is 6.54 Å². The number of rotatable bonds is 2. The standard InChI is InChI=1S/C11H9BF3NO4S/c12-10(17)16-4-3-7-5-9(2-1-8(7)6-16)20-21(18,19)11(13,14)15/h1-2,5H,3-4,6H2. The van der Waals surface area contributed by atoms with Crippen LogP contribution in [0, 0.1) is 0 Å². The first-order valence-corrected chi connectivity index (χ1v) is 7.18. The zero-order valence-corrected chi connectivity index (χ0v) is 11.4. The monoisotopic (exact) mass is 319 g/mol. The Labute approximate surface area is 120 Å². The van der Waals surface area contributed by atoms with E-state index in [1.165, 1.54) is 17.0 Å². The van der Waals surface area contributed by atoms with Crippen LogP contribution >= 0.6 is 0 Å². The molecule has 1 aromatic rings. The molecule has 0 fully saturated rings. The van der Waals surface area contributed by atoms with E-state index in [0.717, 1.165) is 6.07 Å². The van der Waals surface area contributed by atoms with Gasteiger partial charge in [0.25, 0.3) is 0 Å². The second kappa shape index (κ2) is 5.25. The van der Waals surface area contributed by atoms with E-state index < -0.39 is 27.2 Å². The average molecular weight is 319 g/mol. The molecule has 0 spiro atoms. The molecule has 5 nitrogen and oxygen atoms in total. The van der Waals surface area contributed by atoms with Gasteiger partial charge in [-0.3, -0.25) is 4.79 Å². The van der Waals surface area contributed by atoms with Gasteiger partial charge >= 0.3 is 15.6 Å². The van der Waals surface area contributed by atoms with Crippen molar-refractivity contribution in [1.29, 1.82) is 0 Å². The number of nitrogens with zero attached hydrogens (tertiary/aromatic N) is 1. The lowest BCUT2D eigenvalue weighted by Gasteiger charge is -2.28. The Balaban J connectivity index is 2.22. The number of hydrogen-bond donors (Lipinski definition) is 0. The maximum atomic E-state index is 12.2. The molecule has 1 aliphatic heterocycles. The molecule has 10 heteroatoms. The highest BCUT2D eigenvalue weighted by atomic mass is 32.2. The molecule has 0 aromatic heterocycles. The SMILES string of the molecule is [B]C(=O)N1CCc2cc(OS(=O)(=O)C(F)(F)F)ccc2C1. The van der Waals surface area contributed by atoms with Gasteiger partial charge in [0.2, 0.25) is 7.85 Å². The molecule has 2 rings (SSSR count).